The quantitative estimate of drug-likeness (QED) is 0.203. The van der Waals surface area contributed by atoms with Crippen molar-refractivity contribution in [2.24, 2.45) is 5.92 Å². The van der Waals surface area contributed by atoms with Crippen LogP contribution < -0.4 is 10.6 Å². The molecule has 5 atom stereocenters. The van der Waals surface area contributed by atoms with E-state index in [0.717, 1.165) is 36.0 Å². The van der Waals surface area contributed by atoms with Crippen LogP contribution in [0, 0.1) is 12.8 Å². The molecule has 1 aliphatic carbocycles. The monoisotopic (exact) mass is 549 g/mol. The first-order valence-corrected chi connectivity index (χ1v) is 14.0. The highest BCUT2D eigenvalue weighted by Gasteiger charge is 2.41. The van der Waals surface area contributed by atoms with E-state index in [4.69, 9.17) is 19.9 Å². The Bertz CT molecular complexity index is 1540. The molecule has 12 heteroatoms. The predicted octanol–water partition coefficient (Wildman–Crippen LogP) is 3.75. The van der Waals surface area contributed by atoms with E-state index < -0.39 is 24.2 Å². The Morgan fingerprint density at radius 3 is 2.58 bits per heavy atom. The molecule has 1 aliphatic rings. The molecule has 0 saturated heterocycles. The van der Waals surface area contributed by atoms with Crippen LogP contribution in [0.15, 0.2) is 42.7 Å². The molecule has 4 aromatic heterocycles. The molecule has 6 rings (SSSR count). The summed E-state index contributed by atoms with van der Waals surface area (Å²) in [7, 11) is 0. The van der Waals surface area contributed by atoms with Crippen molar-refractivity contribution in [1.82, 2.24) is 24.9 Å². The second kappa shape index (κ2) is 10.1. The van der Waals surface area contributed by atoms with Crippen LogP contribution in [-0.2, 0) is 0 Å². The van der Waals surface area contributed by atoms with E-state index in [2.05, 4.69) is 21.7 Å². The summed E-state index contributed by atoms with van der Waals surface area (Å²) in [6.07, 6.45) is 1.78. The molecule has 0 radical (unpaired) electrons. The van der Waals surface area contributed by atoms with Crippen molar-refractivity contribution in [3.05, 3.63) is 53.4 Å². The molecule has 0 bridgehead atoms. The molecule has 0 spiro atoms. The highest BCUT2D eigenvalue weighted by molar-refractivity contribution is 7.21. The van der Waals surface area contributed by atoms with Crippen molar-refractivity contribution in [2.75, 3.05) is 17.2 Å². The van der Waals surface area contributed by atoms with Gasteiger partial charge < -0.3 is 26.0 Å². The molecular weight excluding hydrogens is 522 g/mol. The number of aryl methyl sites for hydroxylation is 1. The van der Waals surface area contributed by atoms with Crippen molar-refractivity contribution in [1.29, 1.82) is 0 Å². The van der Waals surface area contributed by atoms with Gasteiger partial charge in [-0.1, -0.05) is 12.1 Å². The van der Waals surface area contributed by atoms with Crippen LogP contribution in [0.2, 0.25) is 0 Å². The van der Waals surface area contributed by atoms with Crippen molar-refractivity contribution >= 4 is 54.9 Å². The summed E-state index contributed by atoms with van der Waals surface area (Å²) in [5.41, 5.74) is 3.16. The topological polar surface area (TPSA) is 149 Å². The van der Waals surface area contributed by atoms with E-state index >= 15 is 0 Å². The molecule has 0 aliphatic heterocycles. The normalized spacial score (nSPS) is 22.2. The number of nitrogens with zero attached hydrogens (tertiary/aromatic N) is 5. The zero-order valence-electron chi connectivity index (χ0n) is 20.7. The highest BCUT2D eigenvalue weighted by atomic mass is 32.1. The Morgan fingerprint density at radius 2 is 1.82 bits per heavy atom. The minimum absolute atomic E-state index is 0.142. The van der Waals surface area contributed by atoms with Crippen LogP contribution in [0.3, 0.4) is 0 Å². The molecule has 4 heterocycles. The molecular formula is C26H27N7O3S2. The Labute approximate surface area is 226 Å². The maximum absolute atomic E-state index is 10.7. The number of hydrogen-bond donors (Lipinski definition) is 5. The van der Waals surface area contributed by atoms with Gasteiger partial charge in [-0.25, -0.2) is 15.0 Å². The lowest BCUT2D eigenvalue weighted by molar-refractivity contribution is 0.00446. The van der Waals surface area contributed by atoms with E-state index in [-0.39, 0.29) is 12.6 Å². The van der Waals surface area contributed by atoms with Gasteiger partial charge in [-0.05, 0) is 38.5 Å². The van der Waals surface area contributed by atoms with E-state index in [1.54, 1.807) is 23.7 Å². The lowest BCUT2D eigenvalue weighted by atomic mass is 10.1. The second-order valence-electron chi connectivity index (χ2n) is 9.51. The number of thiazole rings is 2. The summed E-state index contributed by atoms with van der Waals surface area (Å²) in [6.45, 7) is 3.71. The minimum atomic E-state index is -1.05. The van der Waals surface area contributed by atoms with Crippen molar-refractivity contribution < 1.29 is 15.3 Å². The van der Waals surface area contributed by atoms with E-state index in [1.807, 2.05) is 38.1 Å². The Hall–Kier alpha value is -3.29. The number of para-hydroxylation sites is 1. The number of nitrogens with one attached hydrogen (secondary N) is 2. The smallest absolute Gasteiger partial charge is 0.225 e. The third-order valence-electron chi connectivity index (χ3n) is 6.88. The molecule has 1 aromatic carbocycles. The summed E-state index contributed by atoms with van der Waals surface area (Å²) in [6, 6.07) is 9.29. The van der Waals surface area contributed by atoms with Gasteiger partial charge in [0.15, 0.2) is 0 Å². The van der Waals surface area contributed by atoms with Crippen LogP contribution in [-0.4, -0.2) is 65.1 Å². The summed E-state index contributed by atoms with van der Waals surface area (Å²) < 4.78 is 2.10. The van der Waals surface area contributed by atoms with Gasteiger partial charge >= 0.3 is 0 Å². The van der Waals surface area contributed by atoms with E-state index in [1.165, 1.54) is 11.3 Å². The first-order chi connectivity index (χ1) is 18.4. The molecule has 0 amide bonds. The van der Waals surface area contributed by atoms with Crippen molar-refractivity contribution in [3.63, 3.8) is 0 Å². The fourth-order valence-corrected chi connectivity index (χ4v) is 6.84. The first-order valence-electron chi connectivity index (χ1n) is 12.4. The van der Waals surface area contributed by atoms with Crippen LogP contribution in [0.25, 0.3) is 31.0 Å². The van der Waals surface area contributed by atoms with Crippen LogP contribution >= 0.6 is 22.7 Å². The maximum Gasteiger partial charge on any atom is 0.225 e. The van der Waals surface area contributed by atoms with Crippen LogP contribution in [0.5, 0.6) is 0 Å². The fourth-order valence-electron chi connectivity index (χ4n) is 4.84. The third kappa shape index (κ3) is 4.58. The average Bonchev–Trinajstić information content (AvgIpc) is 3.60. The molecule has 1 fully saturated rings. The van der Waals surface area contributed by atoms with Gasteiger partial charge in [0.05, 0.1) is 50.6 Å². The Balaban J connectivity index is 1.37. The van der Waals surface area contributed by atoms with Gasteiger partial charge in [0.2, 0.25) is 5.95 Å². The molecule has 38 heavy (non-hydrogen) atoms. The molecule has 5 N–H and O–H groups in total. The third-order valence-corrected chi connectivity index (χ3v) is 9.15. The maximum atomic E-state index is 10.7. The van der Waals surface area contributed by atoms with Crippen LogP contribution in [0.1, 0.15) is 30.1 Å². The Morgan fingerprint density at radius 1 is 1.00 bits per heavy atom. The zero-order chi connectivity index (χ0) is 26.4. The summed E-state index contributed by atoms with van der Waals surface area (Å²) in [5.74, 6) is 0.493. The number of fused-ring (bicyclic) bond motifs is 2. The standard InChI is InChI=1S/C26H27N7O3S2/c1-12-20(25-32-17-10-27-8-7-19(17)38-25)23(30-16-9-14(11-34)21(35)22(16)36)33-26(28-12)29-13(2)24-31-15-5-3-4-6-18(15)37-24/h3-8,10,13-14,16,21-22,34-36H,9,11H2,1-2H3,(H2,28,29,30,33)/t13-,14+,16+,21+,22-/m0/s1. The molecule has 1 saturated carbocycles. The Kier molecular flexibility index (Phi) is 6.66. The van der Waals surface area contributed by atoms with Gasteiger partial charge in [0.25, 0.3) is 0 Å². The molecule has 0 unspecified atom stereocenters. The minimum Gasteiger partial charge on any atom is -0.396 e. The van der Waals surface area contributed by atoms with Crippen molar-refractivity contribution in [3.8, 4) is 10.6 Å². The fraction of sp³-hybridized carbons (Fsp3) is 0.346. The van der Waals surface area contributed by atoms with Gasteiger partial charge in [-0.15, -0.1) is 22.7 Å². The average molecular weight is 550 g/mol. The highest BCUT2D eigenvalue weighted by Crippen LogP contribution is 2.38. The van der Waals surface area contributed by atoms with Gasteiger partial charge in [-0.3, -0.25) is 4.98 Å². The number of benzene rings is 1. The SMILES string of the molecule is Cc1nc(N[C@@H](C)c2nc3ccccc3s2)nc(N[C@@H]2C[C@H](CO)[C@@H](O)[C@H]2O)c1-c1nc2cnccc2s1. The number of hydrogen-bond acceptors (Lipinski definition) is 12. The largest absolute Gasteiger partial charge is 0.396 e. The van der Waals surface area contributed by atoms with E-state index in [0.29, 0.717) is 23.9 Å². The number of anilines is 2. The molecule has 10 nitrogen and oxygen atoms in total. The predicted molar refractivity (Wildman–Crippen MR) is 149 cm³/mol. The number of rotatable bonds is 7. The lowest BCUT2D eigenvalue weighted by Gasteiger charge is -2.22. The summed E-state index contributed by atoms with van der Waals surface area (Å²) in [5, 5.41) is 39.1. The number of aromatic nitrogens is 5. The molecule has 196 valence electrons. The lowest BCUT2D eigenvalue weighted by Crippen LogP contribution is -2.35. The van der Waals surface area contributed by atoms with Gasteiger partial charge in [0.1, 0.15) is 27.5 Å². The number of pyridine rings is 1. The summed E-state index contributed by atoms with van der Waals surface area (Å²) in [4.78, 5) is 23.2. The first kappa shape index (κ1) is 25.0. The van der Waals surface area contributed by atoms with Crippen LogP contribution in [0.4, 0.5) is 11.8 Å². The van der Waals surface area contributed by atoms with E-state index in [9.17, 15) is 15.3 Å². The number of aliphatic hydroxyl groups is 3. The summed E-state index contributed by atoms with van der Waals surface area (Å²) >= 11 is 3.13. The zero-order valence-corrected chi connectivity index (χ0v) is 22.4. The van der Waals surface area contributed by atoms with Gasteiger partial charge in [-0.2, -0.15) is 4.98 Å². The number of aliphatic hydroxyl groups excluding tert-OH is 3. The van der Waals surface area contributed by atoms with Crippen molar-refractivity contribution in [2.45, 2.75) is 44.6 Å². The van der Waals surface area contributed by atoms with Gasteiger partial charge in [0, 0.05) is 18.7 Å². The molecule has 5 aromatic rings. The second-order valence-corrected chi connectivity index (χ2v) is 11.6.